The highest BCUT2D eigenvalue weighted by atomic mass is 127. The molecule has 1 fully saturated rings. The average molecular weight is 448 g/mol. The van der Waals surface area contributed by atoms with Crippen LogP contribution in [0.25, 0.3) is 0 Å². The van der Waals surface area contributed by atoms with Gasteiger partial charge in [0, 0.05) is 44.5 Å². The third kappa shape index (κ3) is 6.96. The number of piperidine rings is 1. The number of nitrogens with zero attached hydrogens (tertiary/aromatic N) is 4. The second-order valence-corrected chi connectivity index (χ2v) is 6.24. The molecule has 0 amide bonds. The van der Waals surface area contributed by atoms with Crippen LogP contribution in [0.15, 0.2) is 17.4 Å². The predicted molar refractivity (Wildman–Crippen MR) is 111 cm³/mol. The zero-order valence-electron chi connectivity index (χ0n) is 15.3. The van der Waals surface area contributed by atoms with Crippen LogP contribution in [0.4, 0.5) is 0 Å². The maximum Gasteiger partial charge on any atom is 0.191 e. The fraction of sp³-hybridized carbons (Fsp3) is 0.765. The summed E-state index contributed by atoms with van der Waals surface area (Å²) >= 11 is 0. The van der Waals surface area contributed by atoms with Gasteiger partial charge in [0.15, 0.2) is 5.96 Å². The van der Waals surface area contributed by atoms with E-state index in [0.29, 0.717) is 6.54 Å². The third-order valence-electron chi connectivity index (χ3n) is 4.43. The summed E-state index contributed by atoms with van der Waals surface area (Å²) in [7, 11) is 1.93. The number of aryl methyl sites for hydroxylation is 1. The first-order valence-corrected chi connectivity index (χ1v) is 8.96. The molecule has 1 aromatic rings. The van der Waals surface area contributed by atoms with Crippen LogP contribution in [-0.2, 0) is 13.6 Å². The van der Waals surface area contributed by atoms with Gasteiger partial charge in [0.25, 0.3) is 0 Å². The van der Waals surface area contributed by atoms with Crippen molar-refractivity contribution in [3.8, 4) is 0 Å². The van der Waals surface area contributed by atoms with Crippen LogP contribution < -0.4 is 10.6 Å². The van der Waals surface area contributed by atoms with E-state index in [1.165, 1.54) is 32.2 Å². The van der Waals surface area contributed by atoms with E-state index in [2.05, 4.69) is 39.5 Å². The molecule has 0 radical (unpaired) electrons. The maximum absolute atomic E-state index is 4.64. The SMILES string of the molecule is CCNC(=NCc1cnn(C)c1)NCCN1CCCCC1CC.I. The van der Waals surface area contributed by atoms with Crippen LogP contribution in [-0.4, -0.2) is 52.9 Å². The Morgan fingerprint density at radius 2 is 2.17 bits per heavy atom. The Bertz CT molecular complexity index is 487. The van der Waals surface area contributed by atoms with Crippen LogP contribution in [0.3, 0.4) is 0 Å². The van der Waals surface area contributed by atoms with Crippen LogP contribution in [0.2, 0.25) is 0 Å². The molecule has 0 spiro atoms. The highest BCUT2D eigenvalue weighted by molar-refractivity contribution is 14.0. The molecule has 1 aliphatic heterocycles. The molecule has 1 unspecified atom stereocenters. The largest absolute Gasteiger partial charge is 0.357 e. The number of rotatable bonds is 7. The van der Waals surface area contributed by atoms with Crippen molar-refractivity contribution < 1.29 is 0 Å². The molecule has 7 heteroatoms. The predicted octanol–water partition coefficient (Wildman–Crippen LogP) is 2.36. The second kappa shape index (κ2) is 11.7. The van der Waals surface area contributed by atoms with Gasteiger partial charge < -0.3 is 10.6 Å². The minimum absolute atomic E-state index is 0. The summed E-state index contributed by atoms with van der Waals surface area (Å²) < 4.78 is 1.81. The lowest BCUT2D eigenvalue weighted by atomic mass is 10.0. The molecule has 138 valence electrons. The molecule has 0 saturated carbocycles. The number of likely N-dealkylation sites (tertiary alicyclic amines) is 1. The Kier molecular flexibility index (Phi) is 10.3. The fourth-order valence-corrected chi connectivity index (χ4v) is 3.20. The standard InChI is InChI=1S/C17H32N6.HI/c1-4-16-8-6-7-10-23(16)11-9-19-17(18-5-2)20-12-15-13-21-22(3)14-15;/h13-14,16H,4-12H2,1-3H3,(H2,18,19,20);1H. The summed E-state index contributed by atoms with van der Waals surface area (Å²) in [6.45, 7) is 9.20. The van der Waals surface area contributed by atoms with Crippen molar-refractivity contribution >= 4 is 29.9 Å². The number of nitrogens with one attached hydrogen (secondary N) is 2. The molecule has 1 atom stereocenters. The van der Waals surface area contributed by atoms with Gasteiger partial charge in [-0.1, -0.05) is 13.3 Å². The Morgan fingerprint density at radius 3 is 2.83 bits per heavy atom. The molecular formula is C17H33IN6. The van der Waals surface area contributed by atoms with Gasteiger partial charge in [-0.25, -0.2) is 4.99 Å². The summed E-state index contributed by atoms with van der Waals surface area (Å²) in [5, 5.41) is 11.0. The number of aromatic nitrogens is 2. The van der Waals surface area contributed by atoms with Crippen molar-refractivity contribution in [3.05, 3.63) is 18.0 Å². The molecule has 0 aliphatic carbocycles. The van der Waals surface area contributed by atoms with Crippen LogP contribution in [0.5, 0.6) is 0 Å². The normalized spacial score (nSPS) is 19.0. The van der Waals surface area contributed by atoms with E-state index < -0.39 is 0 Å². The van der Waals surface area contributed by atoms with E-state index in [0.717, 1.165) is 37.2 Å². The first-order chi connectivity index (χ1) is 11.2. The van der Waals surface area contributed by atoms with E-state index >= 15 is 0 Å². The quantitative estimate of drug-likeness (QED) is 0.382. The maximum atomic E-state index is 4.64. The fourth-order valence-electron chi connectivity index (χ4n) is 3.20. The van der Waals surface area contributed by atoms with Gasteiger partial charge in [-0.05, 0) is 32.7 Å². The molecule has 24 heavy (non-hydrogen) atoms. The van der Waals surface area contributed by atoms with Gasteiger partial charge in [0.1, 0.15) is 0 Å². The van der Waals surface area contributed by atoms with Gasteiger partial charge in [-0.2, -0.15) is 5.10 Å². The Morgan fingerprint density at radius 1 is 1.33 bits per heavy atom. The summed E-state index contributed by atoms with van der Waals surface area (Å²) in [6.07, 6.45) is 9.21. The molecule has 1 aliphatic rings. The molecule has 1 aromatic heterocycles. The van der Waals surface area contributed by atoms with Gasteiger partial charge in [0.05, 0.1) is 12.7 Å². The molecule has 6 nitrogen and oxygen atoms in total. The van der Waals surface area contributed by atoms with Gasteiger partial charge in [-0.3, -0.25) is 9.58 Å². The van der Waals surface area contributed by atoms with Crippen molar-refractivity contribution in [2.24, 2.45) is 12.0 Å². The van der Waals surface area contributed by atoms with Crippen LogP contribution in [0.1, 0.15) is 45.1 Å². The minimum Gasteiger partial charge on any atom is -0.357 e. The lowest BCUT2D eigenvalue weighted by molar-refractivity contribution is 0.147. The van der Waals surface area contributed by atoms with E-state index in [4.69, 9.17) is 0 Å². The number of hydrogen-bond acceptors (Lipinski definition) is 3. The van der Waals surface area contributed by atoms with Crippen molar-refractivity contribution in [1.29, 1.82) is 0 Å². The van der Waals surface area contributed by atoms with Gasteiger partial charge >= 0.3 is 0 Å². The molecule has 1 saturated heterocycles. The number of halogens is 1. The summed E-state index contributed by atoms with van der Waals surface area (Å²) in [5.74, 6) is 0.890. The van der Waals surface area contributed by atoms with E-state index in [-0.39, 0.29) is 24.0 Å². The Hall–Kier alpha value is -0.830. The van der Waals surface area contributed by atoms with Crippen molar-refractivity contribution in [3.63, 3.8) is 0 Å². The van der Waals surface area contributed by atoms with Crippen molar-refractivity contribution in [2.45, 2.75) is 52.1 Å². The van der Waals surface area contributed by atoms with E-state index in [1.54, 1.807) is 0 Å². The monoisotopic (exact) mass is 448 g/mol. The lowest BCUT2D eigenvalue weighted by Crippen LogP contribution is -2.45. The zero-order valence-corrected chi connectivity index (χ0v) is 17.6. The topological polar surface area (TPSA) is 57.5 Å². The molecule has 0 aromatic carbocycles. The molecule has 0 bridgehead atoms. The van der Waals surface area contributed by atoms with Crippen LogP contribution >= 0.6 is 24.0 Å². The van der Waals surface area contributed by atoms with Crippen molar-refractivity contribution in [1.82, 2.24) is 25.3 Å². The first kappa shape index (κ1) is 21.2. The molecule has 2 rings (SSSR count). The second-order valence-electron chi connectivity index (χ2n) is 6.24. The number of hydrogen-bond donors (Lipinski definition) is 2. The average Bonchev–Trinajstić information content (AvgIpc) is 2.98. The lowest BCUT2D eigenvalue weighted by Gasteiger charge is -2.35. The Labute approximate surface area is 163 Å². The highest BCUT2D eigenvalue weighted by Crippen LogP contribution is 2.18. The molecule has 2 heterocycles. The summed E-state index contributed by atoms with van der Waals surface area (Å²) in [4.78, 5) is 7.27. The summed E-state index contributed by atoms with van der Waals surface area (Å²) in [5.41, 5.74) is 1.13. The summed E-state index contributed by atoms with van der Waals surface area (Å²) in [6, 6.07) is 0.764. The zero-order chi connectivity index (χ0) is 16.5. The van der Waals surface area contributed by atoms with E-state index in [9.17, 15) is 0 Å². The van der Waals surface area contributed by atoms with Gasteiger partial charge in [-0.15, -0.1) is 24.0 Å². The number of guanidine groups is 1. The first-order valence-electron chi connectivity index (χ1n) is 8.96. The number of aliphatic imine (C=N–C) groups is 1. The smallest absolute Gasteiger partial charge is 0.191 e. The molecular weight excluding hydrogens is 415 g/mol. The van der Waals surface area contributed by atoms with Crippen LogP contribution in [0, 0.1) is 0 Å². The third-order valence-corrected chi connectivity index (χ3v) is 4.43. The van der Waals surface area contributed by atoms with Gasteiger partial charge in [0.2, 0.25) is 0 Å². The minimum atomic E-state index is 0. The van der Waals surface area contributed by atoms with Crippen molar-refractivity contribution in [2.75, 3.05) is 26.2 Å². The molecule has 2 N–H and O–H groups in total. The highest BCUT2D eigenvalue weighted by Gasteiger charge is 2.19. The Balaban J connectivity index is 0.00000288. The van der Waals surface area contributed by atoms with E-state index in [1.807, 2.05) is 24.1 Å².